The van der Waals surface area contributed by atoms with E-state index in [9.17, 15) is 9.90 Å². The number of hydrogen-bond donors (Lipinski definition) is 1. The minimum atomic E-state index is -0.0224. The quantitative estimate of drug-likeness (QED) is 0.890. The fourth-order valence-corrected chi connectivity index (χ4v) is 2.40. The second kappa shape index (κ2) is 7.76. The average molecular weight is 297 g/mol. The highest BCUT2D eigenvalue weighted by Crippen LogP contribution is 2.13. The number of aryl methyl sites for hydroxylation is 2. The number of aliphatic hydroxyl groups is 1. The van der Waals surface area contributed by atoms with Gasteiger partial charge in [-0.2, -0.15) is 0 Å². The lowest BCUT2D eigenvalue weighted by molar-refractivity contribution is 0.0724. The molecule has 0 saturated heterocycles. The maximum atomic E-state index is 12.6. The minimum Gasteiger partial charge on any atom is -0.395 e. The molecule has 0 aromatic heterocycles. The zero-order chi connectivity index (χ0) is 15.9. The highest BCUT2D eigenvalue weighted by Gasteiger charge is 2.15. The fraction of sp³-hybridized carbons (Fsp3) is 0.316. The summed E-state index contributed by atoms with van der Waals surface area (Å²) in [7, 11) is 0. The van der Waals surface area contributed by atoms with Crippen molar-refractivity contribution in [2.24, 2.45) is 0 Å². The molecule has 1 amide bonds. The maximum Gasteiger partial charge on any atom is 0.253 e. The van der Waals surface area contributed by atoms with Crippen LogP contribution >= 0.6 is 0 Å². The summed E-state index contributed by atoms with van der Waals surface area (Å²) in [5, 5.41) is 9.23. The third-order valence-electron chi connectivity index (χ3n) is 3.92. The smallest absolute Gasteiger partial charge is 0.253 e. The first kappa shape index (κ1) is 16.2. The molecular weight excluding hydrogens is 274 g/mol. The van der Waals surface area contributed by atoms with E-state index in [2.05, 4.69) is 12.1 Å². The Hall–Kier alpha value is -2.13. The number of hydrogen-bond acceptors (Lipinski definition) is 2. The van der Waals surface area contributed by atoms with Gasteiger partial charge in [0, 0.05) is 18.7 Å². The van der Waals surface area contributed by atoms with E-state index in [4.69, 9.17) is 0 Å². The molecule has 22 heavy (non-hydrogen) atoms. The number of benzene rings is 2. The summed E-state index contributed by atoms with van der Waals surface area (Å²) in [6.45, 7) is 4.98. The van der Waals surface area contributed by atoms with E-state index in [-0.39, 0.29) is 12.5 Å². The summed E-state index contributed by atoms with van der Waals surface area (Å²) in [5.74, 6) is -0.0203. The highest BCUT2D eigenvalue weighted by atomic mass is 16.3. The van der Waals surface area contributed by atoms with Crippen molar-refractivity contribution >= 4 is 5.91 Å². The van der Waals surface area contributed by atoms with Crippen LogP contribution < -0.4 is 0 Å². The van der Waals surface area contributed by atoms with Gasteiger partial charge in [0.1, 0.15) is 0 Å². The largest absolute Gasteiger partial charge is 0.395 e. The third kappa shape index (κ3) is 4.18. The molecule has 0 spiro atoms. The van der Waals surface area contributed by atoms with E-state index in [0.29, 0.717) is 18.7 Å². The average Bonchev–Trinajstić information content (AvgIpc) is 2.54. The molecule has 0 saturated carbocycles. The summed E-state index contributed by atoms with van der Waals surface area (Å²) < 4.78 is 0. The predicted molar refractivity (Wildman–Crippen MR) is 89.1 cm³/mol. The number of nitrogens with zero attached hydrogens (tertiary/aromatic N) is 1. The summed E-state index contributed by atoms with van der Waals surface area (Å²) >= 11 is 0. The van der Waals surface area contributed by atoms with Crippen LogP contribution in [0.3, 0.4) is 0 Å². The molecule has 116 valence electrons. The standard InChI is InChI=1S/C19H23NO2/c1-15-8-9-18(14-16(15)2)19(22)20(12-13-21)11-10-17-6-4-3-5-7-17/h3-9,14,21H,10-13H2,1-2H3. The normalized spacial score (nSPS) is 10.5. The molecule has 0 unspecified atom stereocenters. The van der Waals surface area contributed by atoms with Crippen molar-refractivity contribution in [2.75, 3.05) is 19.7 Å². The van der Waals surface area contributed by atoms with Crippen molar-refractivity contribution in [3.8, 4) is 0 Å². The Morgan fingerprint density at radius 1 is 1.00 bits per heavy atom. The van der Waals surface area contributed by atoms with Gasteiger partial charge in [-0.3, -0.25) is 4.79 Å². The van der Waals surface area contributed by atoms with Gasteiger partial charge in [-0.05, 0) is 49.1 Å². The molecule has 0 fully saturated rings. The number of rotatable bonds is 6. The van der Waals surface area contributed by atoms with Crippen molar-refractivity contribution in [2.45, 2.75) is 20.3 Å². The molecule has 0 aliphatic rings. The molecule has 0 aliphatic heterocycles. The van der Waals surface area contributed by atoms with Crippen molar-refractivity contribution in [1.82, 2.24) is 4.90 Å². The monoisotopic (exact) mass is 297 g/mol. The lowest BCUT2D eigenvalue weighted by Gasteiger charge is -2.22. The molecule has 1 N–H and O–H groups in total. The zero-order valence-electron chi connectivity index (χ0n) is 13.2. The zero-order valence-corrected chi connectivity index (χ0v) is 13.2. The van der Waals surface area contributed by atoms with Crippen LogP contribution in [0.2, 0.25) is 0 Å². The summed E-state index contributed by atoms with van der Waals surface area (Å²) in [6.07, 6.45) is 0.789. The van der Waals surface area contributed by atoms with Gasteiger partial charge in [0.05, 0.1) is 6.61 Å². The minimum absolute atomic E-state index is 0.0203. The number of amides is 1. The maximum absolute atomic E-state index is 12.6. The van der Waals surface area contributed by atoms with Gasteiger partial charge < -0.3 is 10.0 Å². The Balaban J connectivity index is 2.09. The van der Waals surface area contributed by atoms with Gasteiger partial charge in [0.2, 0.25) is 0 Å². The van der Waals surface area contributed by atoms with Crippen LogP contribution in [0.4, 0.5) is 0 Å². The van der Waals surface area contributed by atoms with Gasteiger partial charge >= 0.3 is 0 Å². The topological polar surface area (TPSA) is 40.5 Å². The number of carbonyl (C=O) groups is 1. The summed E-state index contributed by atoms with van der Waals surface area (Å²) in [4.78, 5) is 14.4. The molecule has 0 aliphatic carbocycles. The molecule has 2 rings (SSSR count). The van der Waals surface area contributed by atoms with Gasteiger partial charge in [0.25, 0.3) is 5.91 Å². The van der Waals surface area contributed by atoms with Gasteiger partial charge in [0.15, 0.2) is 0 Å². The van der Waals surface area contributed by atoms with Crippen molar-refractivity contribution in [3.63, 3.8) is 0 Å². The lowest BCUT2D eigenvalue weighted by atomic mass is 10.1. The van der Waals surface area contributed by atoms with E-state index in [1.165, 1.54) is 11.1 Å². The lowest BCUT2D eigenvalue weighted by Crippen LogP contribution is -2.35. The molecule has 2 aromatic rings. The Bertz CT molecular complexity index is 623. The molecule has 3 heteroatoms. The van der Waals surface area contributed by atoms with Crippen LogP contribution in [0.1, 0.15) is 27.0 Å². The first-order chi connectivity index (χ1) is 10.6. The van der Waals surface area contributed by atoms with Crippen LogP contribution in [-0.2, 0) is 6.42 Å². The molecule has 3 nitrogen and oxygen atoms in total. The second-order valence-electron chi connectivity index (χ2n) is 5.55. The molecule has 0 heterocycles. The Morgan fingerprint density at radius 2 is 1.73 bits per heavy atom. The van der Waals surface area contributed by atoms with E-state index in [0.717, 1.165) is 12.0 Å². The second-order valence-corrected chi connectivity index (χ2v) is 5.55. The van der Waals surface area contributed by atoms with Gasteiger partial charge in [-0.15, -0.1) is 0 Å². The SMILES string of the molecule is Cc1ccc(C(=O)N(CCO)CCc2ccccc2)cc1C. The van der Waals surface area contributed by atoms with Crippen LogP contribution in [-0.4, -0.2) is 35.6 Å². The van der Waals surface area contributed by atoms with Crippen LogP contribution in [0.25, 0.3) is 0 Å². The highest BCUT2D eigenvalue weighted by molar-refractivity contribution is 5.94. The molecule has 0 bridgehead atoms. The first-order valence-corrected chi connectivity index (χ1v) is 7.63. The van der Waals surface area contributed by atoms with Crippen molar-refractivity contribution in [1.29, 1.82) is 0 Å². The molecule has 0 radical (unpaired) electrons. The Kier molecular flexibility index (Phi) is 5.73. The van der Waals surface area contributed by atoms with E-state index >= 15 is 0 Å². The number of carbonyl (C=O) groups excluding carboxylic acids is 1. The first-order valence-electron chi connectivity index (χ1n) is 7.63. The van der Waals surface area contributed by atoms with E-state index in [1.54, 1.807) is 4.90 Å². The van der Waals surface area contributed by atoms with Gasteiger partial charge in [-0.1, -0.05) is 36.4 Å². The van der Waals surface area contributed by atoms with Crippen LogP contribution in [0.5, 0.6) is 0 Å². The molecular formula is C19H23NO2. The van der Waals surface area contributed by atoms with Crippen molar-refractivity contribution in [3.05, 3.63) is 70.8 Å². The van der Waals surface area contributed by atoms with Crippen LogP contribution in [0, 0.1) is 13.8 Å². The number of aliphatic hydroxyl groups excluding tert-OH is 1. The molecule has 2 aromatic carbocycles. The predicted octanol–water partition coefficient (Wildman–Crippen LogP) is 2.98. The van der Waals surface area contributed by atoms with Crippen LogP contribution in [0.15, 0.2) is 48.5 Å². The Labute approximate surface area is 132 Å². The van der Waals surface area contributed by atoms with E-state index < -0.39 is 0 Å². The van der Waals surface area contributed by atoms with E-state index in [1.807, 2.05) is 50.2 Å². The fourth-order valence-electron chi connectivity index (χ4n) is 2.40. The Morgan fingerprint density at radius 3 is 2.36 bits per heavy atom. The molecule has 0 atom stereocenters. The summed E-state index contributed by atoms with van der Waals surface area (Å²) in [6, 6.07) is 15.8. The van der Waals surface area contributed by atoms with Crippen molar-refractivity contribution < 1.29 is 9.90 Å². The summed E-state index contributed by atoms with van der Waals surface area (Å²) in [5.41, 5.74) is 4.16. The van der Waals surface area contributed by atoms with Gasteiger partial charge in [-0.25, -0.2) is 0 Å². The third-order valence-corrected chi connectivity index (χ3v) is 3.92.